The second kappa shape index (κ2) is 6.07. The molecule has 0 nitrogen and oxygen atoms in total. The van der Waals surface area contributed by atoms with E-state index in [2.05, 4.69) is 26.0 Å². The van der Waals surface area contributed by atoms with Crippen LogP contribution in [-0.2, 0) is 10.8 Å². The molecule has 0 amide bonds. The summed E-state index contributed by atoms with van der Waals surface area (Å²) < 4.78 is 0. The molecule has 296 valence electrons. The van der Waals surface area contributed by atoms with Crippen molar-refractivity contribution in [1.29, 1.82) is 0 Å². The Kier molecular flexibility index (Phi) is 2.31. The van der Waals surface area contributed by atoms with E-state index >= 15 is 0 Å². The van der Waals surface area contributed by atoms with Crippen molar-refractivity contribution in [2.75, 3.05) is 0 Å². The minimum atomic E-state index is -0.145. The summed E-state index contributed by atoms with van der Waals surface area (Å²) in [6.45, 7) is 4.62. The molecular formula is C70H16. The SMILES string of the molecule is CC(C)=CCCC1=CCC23c4c5c6c7c8c9c(c%10c%11c2c2c4c4c%12c5c5c6c6c8c8c%13c9c9c%10c%10c%11c%11c2c2c4c4c%12c%12c5c5c6c8c6c8c%13c9c9c%10c%10c%11c2c2c4c4c%12c5c6c5c8c9c%10c2c45)C73C1. The maximum Gasteiger partial charge on any atom is 0.0406 e. The van der Waals surface area contributed by atoms with E-state index in [0.29, 0.717) is 0 Å². The van der Waals surface area contributed by atoms with E-state index in [1.807, 2.05) is 22.3 Å². The second-order valence-corrected chi connectivity index (χ2v) is 26.6. The van der Waals surface area contributed by atoms with E-state index in [-0.39, 0.29) is 10.8 Å². The first-order chi connectivity index (χ1) is 34.7. The van der Waals surface area contributed by atoms with Gasteiger partial charge in [0.25, 0.3) is 0 Å². The summed E-state index contributed by atoms with van der Waals surface area (Å²) in [6, 6.07) is 0. The van der Waals surface area contributed by atoms with E-state index < -0.39 is 0 Å². The third kappa shape index (κ3) is 1.43. The normalized spacial score (nSPS) is 22.6. The molecule has 70 heavy (non-hydrogen) atoms. The molecule has 0 N–H and O–H groups in total. The molecule has 0 saturated heterocycles. The van der Waals surface area contributed by atoms with Crippen LogP contribution in [0.2, 0.25) is 0 Å². The molecule has 28 aromatic rings. The van der Waals surface area contributed by atoms with Crippen LogP contribution in [0.15, 0.2) is 23.3 Å². The van der Waals surface area contributed by atoms with Crippen molar-refractivity contribution in [3.8, 4) is 0 Å². The Balaban J connectivity index is 1.15. The molecule has 5 aliphatic carbocycles. The topological polar surface area (TPSA) is 0 Å². The molecule has 0 heteroatoms. The molecule has 28 aromatic carbocycles. The van der Waals surface area contributed by atoms with Gasteiger partial charge in [-0.3, -0.25) is 0 Å². The van der Waals surface area contributed by atoms with Crippen molar-refractivity contribution in [3.05, 3.63) is 45.6 Å². The third-order valence-corrected chi connectivity index (χ3v) is 25.9. The molecular weight excluding hydrogens is 841 g/mol. The summed E-state index contributed by atoms with van der Waals surface area (Å²) >= 11 is 0. The molecule has 0 heterocycles. The average Bonchev–Trinajstić information content (AvgIpc) is 4.29. The molecule has 0 aliphatic heterocycles. The van der Waals surface area contributed by atoms with E-state index in [0.717, 1.165) is 12.8 Å². The van der Waals surface area contributed by atoms with Crippen LogP contribution in [0.4, 0.5) is 0 Å². The van der Waals surface area contributed by atoms with Gasteiger partial charge in [-0.15, -0.1) is 0 Å². The molecule has 33 rings (SSSR count). The van der Waals surface area contributed by atoms with E-state index in [4.69, 9.17) is 0 Å². The predicted molar refractivity (Wildman–Crippen MR) is 300 cm³/mol. The van der Waals surface area contributed by atoms with Gasteiger partial charge in [0.05, 0.1) is 0 Å². The molecule has 5 aliphatic rings. The minimum Gasteiger partial charge on any atom is -0.0856 e. The fourth-order valence-corrected chi connectivity index (χ4v) is 25.7. The van der Waals surface area contributed by atoms with Crippen LogP contribution < -0.4 is 0 Å². The fourth-order valence-electron chi connectivity index (χ4n) is 25.7. The maximum atomic E-state index is 2.88. The Morgan fingerprint density at radius 3 is 0.671 bits per heavy atom. The highest BCUT2D eigenvalue weighted by Crippen LogP contribution is 2.86. The summed E-state index contributed by atoms with van der Waals surface area (Å²) in [7, 11) is 0. The van der Waals surface area contributed by atoms with Crippen LogP contribution >= 0.6 is 0 Å². The lowest BCUT2D eigenvalue weighted by atomic mass is 9.44. The molecule has 2 spiro atoms. The van der Waals surface area contributed by atoms with Crippen LogP contribution in [-0.4, -0.2) is 0 Å². The van der Waals surface area contributed by atoms with Gasteiger partial charge in [0, 0.05) is 10.8 Å². The Hall–Kier alpha value is -8.06. The Labute approximate surface area is 384 Å². The lowest BCUT2D eigenvalue weighted by molar-refractivity contribution is 0.302. The highest BCUT2D eigenvalue weighted by molar-refractivity contribution is 6.82. The van der Waals surface area contributed by atoms with Crippen LogP contribution in [0.3, 0.4) is 0 Å². The second-order valence-electron chi connectivity index (χ2n) is 26.6. The van der Waals surface area contributed by atoms with Crippen LogP contribution in [0, 0.1) is 0 Å². The van der Waals surface area contributed by atoms with Crippen molar-refractivity contribution < 1.29 is 0 Å². The minimum absolute atomic E-state index is 0.141. The highest BCUT2D eigenvalue weighted by atomic mass is 14.7. The zero-order valence-electron chi connectivity index (χ0n) is 37.0. The van der Waals surface area contributed by atoms with Gasteiger partial charge in [-0.2, -0.15) is 0 Å². The van der Waals surface area contributed by atoms with Gasteiger partial charge in [-0.25, -0.2) is 0 Å². The van der Waals surface area contributed by atoms with Crippen molar-refractivity contribution in [2.24, 2.45) is 0 Å². The van der Waals surface area contributed by atoms with Gasteiger partial charge in [-0.1, -0.05) is 23.3 Å². The monoisotopic (exact) mass is 856 g/mol. The Morgan fingerprint density at radius 1 is 0.286 bits per heavy atom. The molecule has 0 atom stereocenters. The first-order valence-electron chi connectivity index (χ1n) is 26.8. The summed E-state index contributed by atoms with van der Waals surface area (Å²) in [5.41, 5.74) is 10.2. The highest BCUT2D eigenvalue weighted by Gasteiger charge is 2.70. The lowest BCUT2D eigenvalue weighted by Gasteiger charge is -2.56. The smallest absolute Gasteiger partial charge is 0.0406 e. The first kappa shape index (κ1) is 26.6. The van der Waals surface area contributed by atoms with Crippen molar-refractivity contribution in [2.45, 2.75) is 50.4 Å². The van der Waals surface area contributed by atoms with Crippen LogP contribution in [0.5, 0.6) is 0 Å². The zero-order valence-corrected chi connectivity index (χ0v) is 37.0. The summed E-state index contributed by atoms with van der Waals surface area (Å²) in [6.07, 6.45) is 10.0. The molecule has 0 bridgehead atoms. The fraction of sp³-hybridized carbons (Fsp3) is 0.114. The molecule has 0 fully saturated rings. The Bertz CT molecular complexity index is 7060. The van der Waals surface area contributed by atoms with Crippen molar-refractivity contribution >= 4 is 291 Å². The van der Waals surface area contributed by atoms with Crippen molar-refractivity contribution in [3.63, 3.8) is 0 Å². The standard InChI is InChI=1S/C70H16/c1-9(2)4-3-5-10-6-7-69-65-57-49-39-29-21-13-11-12-15-19-17(13)25-33-27(19)37-31-23(15)24-16(12)20-18-14(11)22(21)30-36-26(18)34-28(20)38-32(24)42-41(31)51-45(37)55-47(33)53(43(49)35(25)29)59(65)61(55)67-63(51)64-52(42)46(38)56-48(34)54-44(36)50(40(30)39)58(57)66(69)60(54)62(56)68(64)70(67,69)8-10/h4,6H,3,5,7-8H2,1-2H3. The maximum absolute atomic E-state index is 2.88. The lowest BCUT2D eigenvalue weighted by Crippen LogP contribution is -2.53. The van der Waals surface area contributed by atoms with Gasteiger partial charge in [0.1, 0.15) is 0 Å². The van der Waals surface area contributed by atoms with Crippen LogP contribution in [0.25, 0.3) is 291 Å². The third-order valence-electron chi connectivity index (χ3n) is 25.9. The summed E-state index contributed by atoms with van der Waals surface area (Å²) in [5, 5.41) is 91.6. The van der Waals surface area contributed by atoms with Crippen LogP contribution in [0.1, 0.15) is 61.8 Å². The molecule has 0 radical (unpaired) electrons. The Morgan fingerprint density at radius 2 is 0.471 bits per heavy atom. The summed E-state index contributed by atoms with van der Waals surface area (Å²) in [5.74, 6) is 0. The number of hydrogen-bond acceptors (Lipinski definition) is 0. The number of allylic oxidation sites excluding steroid dienone is 4. The van der Waals surface area contributed by atoms with Gasteiger partial charge in [0.15, 0.2) is 0 Å². The quantitative estimate of drug-likeness (QED) is 0.123. The zero-order chi connectivity index (χ0) is 41.9. The summed E-state index contributed by atoms with van der Waals surface area (Å²) in [4.78, 5) is 0. The van der Waals surface area contributed by atoms with Gasteiger partial charge >= 0.3 is 0 Å². The first-order valence-corrected chi connectivity index (χ1v) is 26.8. The average molecular weight is 857 g/mol. The van der Waals surface area contributed by atoms with Crippen molar-refractivity contribution in [1.82, 2.24) is 0 Å². The molecule has 0 aromatic heterocycles. The number of rotatable bonds is 3. The van der Waals surface area contributed by atoms with Gasteiger partial charge < -0.3 is 0 Å². The van der Waals surface area contributed by atoms with E-state index in [9.17, 15) is 0 Å². The van der Waals surface area contributed by atoms with Gasteiger partial charge in [0.2, 0.25) is 0 Å². The number of hydrogen-bond donors (Lipinski definition) is 0. The van der Waals surface area contributed by atoms with E-state index in [1.54, 1.807) is 296 Å². The van der Waals surface area contributed by atoms with Gasteiger partial charge in [-0.05, 0) is 353 Å². The predicted octanol–water partition coefficient (Wildman–Crippen LogP) is 19.8. The number of benzene rings is 18. The largest absolute Gasteiger partial charge is 0.0856 e. The van der Waals surface area contributed by atoms with E-state index in [1.165, 1.54) is 18.4 Å². The molecule has 0 unspecified atom stereocenters. The molecule has 0 saturated carbocycles.